The Labute approximate surface area is 212 Å². The number of pyridine rings is 1. The van der Waals surface area contributed by atoms with Crippen LogP contribution in [-0.4, -0.2) is 61.0 Å². The molecule has 2 amide bonds. The first-order valence-corrected chi connectivity index (χ1v) is 11.8. The second-order valence-electron chi connectivity index (χ2n) is 7.88. The highest BCUT2D eigenvalue weighted by Gasteiger charge is 2.16. The lowest BCUT2D eigenvalue weighted by Gasteiger charge is -2.12. The van der Waals surface area contributed by atoms with Gasteiger partial charge in [-0.15, -0.1) is 0 Å². The Bertz CT molecular complexity index is 1210. The molecule has 0 atom stereocenters. The molecule has 2 N–H and O–H groups in total. The standard InChI is InChI=1S/C25H29N5O4.C2H6/c1-6-20(33-5)12-16(2)23(31)28-19-14-17(24(32)27-10-11-30(3)4)13-18(15-19)25-29-22-21(34-25)8-7-9-26-22;1-2/h6-9,12-15H,10-11H2,1-5H3,(H,27,32)(H,28,31);1-2H3/b16-12+,20-6+;. The molecule has 0 saturated heterocycles. The van der Waals surface area contributed by atoms with Crippen molar-refractivity contribution in [3.8, 4) is 11.5 Å². The zero-order valence-corrected chi connectivity index (χ0v) is 22.0. The third kappa shape index (κ3) is 7.78. The molecule has 0 unspecified atom stereocenters. The van der Waals surface area contributed by atoms with E-state index < -0.39 is 0 Å². The smallest absolute Gasteiger partial charge is 0.251 e. The number of aromatic nitrogens is 2. The molecule has 0 aliphatic heterocycles. The fraction of sp³-hybridized carbons (Fsp3) is 0.333. The van der Waals surface area contributed by atoms with Crippen LogP contribution in [-0.2, 0) is 9.53 Å². The van der Waals surface area contributed by atoms with E-state index >= 15 is 0 Å². The molecular formula is C27H35N5O4. The van der Waals surface area contributed by atoms with Gasteiger partial charge in [0.1, 0.15) is 5.76 Å². The summed E-state index contributed by atoms with van der Waals surface area (Å²) in [6.07, 6.45) is 5.03. The van der Waals surface area contributed by atoms with Crippen LogP contribution in [0.2, 0.25) is 0 Å². The van der Waals surface area contributed by atoms with Gasteiger partial charge in [-0.1, -0.05) is 13.8 Å². The summed E-state index contributed by atoms with van der Waals surface area (Å²) in [4.78, 5) is 36.2. The summed E-state index contributed by atoms with van der Waals surface area (Å²) in [6, 6.07) is 8.53. The summed E-state index contributed by atoms with van der Waals surface area (Å²) >= 11 is 0. The van der Waals surface area contributed by atoms with Crippen molar-refractivity contribution in [3.63, 3.8) is 0 Å². The number of amides is 2. The zero-order chi connectivity index (χ0) is 26.7. The fourth-order valence-corrected chi connectivity index (χ4v) is 3.11. The lowest BCUT2D eigenvalue weighted by atomic mass is 10.1. The normalized spacial score (nSPS) is 11.7. The van der Waals surface area contributed by atoms with Crippen molar-refractivity contribution in [2.24, 2.45) is 0 Å². The molecule has 0 spiro atoms. The second kappa shape index (κ2) is 13.8. The van der Waals surface area contributed by atoms with Crippen molar-refractivity contribution in [2.75, 3.05) is 39.6 Å². The number of fused-ring (bicyclic) bond motifs is 1. The second-order valence-corrected chi connectivity index (χ2v) is 7.88. The maximum absolute atomic E-state index is 12.8. The van der Waals surface area contributed by atoms with E-state index in [2.05, 4.69) is 20.6 Å². The summed E-state index contributed by atoms with van der Waals surface area (Å²) in [5.41, 5.74) is 2.78. The van der Waals surface area contributed by atoms with Gasteiger partial charge in [0.2, 0.25) is 5.89 Å². The van der Waals surface area contributed by atoms with Crippen LogP contribution in [0.4, 0.5) is 5.69 Å². The van der Waals surface area contributed by atoms with Crippen molar-refractivity contribution in [1.82, 2.24) is 20.2 Å². The highest BCUT2D eigenvalue weighted by molar-refractivity contribution is 6.05. The maximum atomic E-state index is 12.8. The van der Waals surface area contributed by atoms with E-state index in [0.29, 0.717) is 58.4 Å². The first kappa shape index (κ1) is 28.3. The van der Waals surface area contributed by atoms with Crippen molar-refractivity contribution in [2.45, 2.75) is 27.7 Å². The van der Waals surface area contributed by atoms with Gasteiger partial charge >= 0.3 is 0 Å². The summed E-state index contributed by atoms with van der Waals surface area (Å²) in [5, 5.41) is 5.73. The zero-order valence-electron chi connectivity index (χ0n) is 22.0. The molecular weight excluding hydrogens is 458 g/mol. The number of ether oxygens (including phenoxy) is 1. The SMILES string of the molecule is C/C=C(\C=C(/C)C(=O)Nc1cc(C(=O)NCCN(C)C)cc(-c2nc3ncccc3o2)c1)OC.CC. The number of nitrogens with zero attached hydrogens (tertiary/aromatic N) is 3. The van der Waals surface area contributed by atoms with Gasteiger partial charge in [-0.3, -0.25) is 9.59 Å². The van der Waals surface area contributed by atoms with E-state index in [4.69, 9.17) is 9.15 Å². The molecule has 9 heteroatoms. The largest absolute Gasteiger partial charge is 0.497 e. The molecule has 0 aliphatic carbocycles. The Kier molecular flexibility index (Phi) is 10.8. The molecule has 0 fully saturated rings. The van der Waals surface area contributed by atoms with E-state index in [-0.39, 0.29) is 11.8 Å². The number of nitrogens with one attached hydrogen (secondary N) is 2. The number of allylic oxidation sites excluding steroid dienone is 2. The number of likely N-dealkylation sites (N-methyl/N-ethyl adjacent to an activating group) is 1. The van der Waals surface area contributed by atoms with E-state index in [9.17, 15) is 9.59 Å². The molecule has 0 radical (unpaired) electrons. The number of oxazole rings is 1. The van der Waals surface area contributed by atoms with Crippen LogP contribution < -0.4 is 10.6 Å². The number of carbonyl (C=O) groups is 2. The Balaban J connectivity index is 0.00000222. The summed E-state index contributed by atoms with van der Waals surface area (Å²) < 4.78 is 11.0. The number of hydrogen-bond donors (Lipinski definition) is 2. The third-order valence-corrected chi connectivity index (χ3v) is 4.95. The van der Waals surface area contributed by atoms with Gasteiger partial charge in [0, 0.05) is 41.7 Å². The van der Waals surface area contributed by atoms with Crippen LogP contribution in [0.15, 0.2) is 64.4 Å². The van der Waals surface area contributed by atoms with Crippen LogP contribution in [0, 0.1) is 0 Å². The van der Waals surface area contributed by atoms with Crippen LogP contribution in [0.1, 0.15) is 38.1 Å². The van der Waals surface area contributed by atoms with Crippen LogP contribution >= 0.6 is 0 Å². The molecule has 3 rings (SSSR count). The quantitative estimate of drug-likeness (QED) is 0.254. The topological polar surface area (TPSA) is 110 Å². The van der Waals surface area contributed by atoms with E-state index in [1.165, 1.54) is 7.11 Å². The average molecular weight is 494 g/mol. The Hall–Kier alpha value is -3.98. The van der Waals surface area contributed by atoms with Gasteiger partial charge in [0.05, 0.1) is 7.11 Å². The minimum absolute atomic E-state index is 0.267. The van der Waals surface area contributed by atoms with Crippen LogP contribution in [0.25, 0.3) is 22.7 Å². The van der Waals surface area contributed by atoms with E-state index in [0.717, 1.165) is 0 Å². The molecule has 0 saturated carbocycles. The predicted molar refractivity (Wildman–Crippen MR) is 143 cm³/mol. The average Bonchev–Trinajstić information content (AvgIpc) is 3.32. The minimum Gasteiger partial charge on any atom is -0.497 e. The van der Waals surface area contributed by atoms with Crippen LogP contribution in [0.5, 0.6) is 0 Å². The van der Waals surface area contributed by atoms with Gasteiger partial charge in [-0.2, -0.15) is 4.98 Å². The molecule has 9 nitrogen and oxygen atoms in total. The molecule has 36 heavy (non-hydrogen) atoms. The number of hydrogen-bond acceptors (Lipinski definition) is 7. The Morgan fingerprint density at radius 1 is 1.19 bits per heavy atom. The number of rotatable bonds is 9. The number of anilines is 1. The minimum atomic E-state index is -0.327. The highest BCUT2D eigenvalue weighted by Crippen LogP contribution is 2.27. The Morgan fingerprint density at radius 2 is 1.94 bits per heavy atom. The number of methoxy groups -OCH3 is 1. The van der Waals surface area contributed by atoms with Gasteiger partial charge in [0.25, 0.3) is 11.8 Å². The molecule has 0 bridgehead atoms. The summed E-state index contributed by atoms with van der Waals surface area (Å²) in [7, 11) is 5.40. The lowest BCUT2D eigenvalue weighted by molar-refractivity contribution is -0.112. The van der Waals surface area contributed by atoms with Crippen molar-refractivity contribution >= 4 is 28.7 Å². The Morgan fingerprint density at radius 3 is 2.58 bits per heavy atom. The molecule has 192 valence electrons. The fourth-order valence-electron chi connectivity index (χ4n) is 3.11. The summed E-state index contributed by atoms with van der Waals surface area (Å²) in [6.45, 7) is 8.68. The third-order valence-electron chi connectivity index (χ3n) is 4.95. The van der Waals surface area contributed by atoms with Gasteiger partial charge < -0.3 is 24.7 Å². The van der Waals surface area contributed by atoms with E-state index in [1.807, 2.05) is 39.8 Å². The van der Waals surface area contributed by atoms with Gasteiger partial charge in [0.15, 0.2) is 11.2 Å². The maximum Gasteiger partial charge on any atom is 0.251 e. The number of carbonyl (C=O) groups excluding carboxylic acids is 2. The summed E-state index contributed by atoms with van der Waals surface area (Å²) in [5.74, 6) is 0.277. The first-order valence-electron chi connectivity index (χ1n) is 11.8. The lowest BCUT2D eigenvalue weighted by Crippen LogP contribution is -2.31. The predicted octanol–water partition coefficient (Wildman–Crippen LogP) is 4.64. The van der Waals surface area contributed by atoms with E-state index in [1.54, 1.807) is 55.6 Å². The molecule has 2 aromatic heterocycles. The van der Waals surface area contributed by atoms with Crippen molar-refractivity contribution in [3.05, 3.63) is 65.6 Å². The van der Waals surface area contributed by atoms with Gasteiger partial charge in [-0.25, -0.2) is 4.98 Å². The molecule has 2 heterocycles. The van der Waals surface area contributed by atoms with Crippen LogP contribution in [0.3, 0.4) is 0 Å². The molecule has 3 aromatic rings. The number of benzene rings is 1. The highest BCUT2D eigenvalue weighted by atomic mass is 16.5. The van der Waals surface area contributed by atoms with Crippen molar-refractivity contribution in [1.29, 1.82) is 0 Å². The van der Waals surface area contributed by atoms with Crippen molar-refractivity contribution < 1.29 is 18.7 Å². The van der Waals surface area contributed by atoms with Gasteiger partial charge in [-0.05, 0) is 70.4 Å². The monoisotopic (exact) mass is 493 g/mol. The molecule has 1 aromatic carbocycles. The molecule has 0 aliphatic rings. The first-order chi connectivity index (χ1) is 17.3.